The molecule has 8 aromatic carbocycles. The van der Waals surface area contributed by atoms with E-state index in [0.29, 0.717) is 144 Å². The summed E-state index contributed by atoms with van der Waals surface area (Å²) in [5, 5.41) is 20.3. The van der Waals surface area contributed by atoms with Gasteiger partial charge in [0.25, 0.3) is 22.2 Å². The summed E-state index contributed by atoms with van der Waals surface area (Å²) in [5.41, 5.74) is 10.5. The van der Waals surface area contributed by atoms with Gasteiger partial charge in [-0.25, -0.2) is 39.1 Å². The zero-order valence-corrected chi connectivity index (χ0v) is 93.0. The van der Waals surface area contributed by atoms with Crippen LogP contribution in [0.2, 0.25) is 0 Å². The zero-order chi connectivity index (χ0) is 102. The first-order chi connectivity index (χ1) is 67.1. The van der Waals surface area contributed by atoms with E-state index in [1.807, 2.05) is 221 Å². The molecule has 0 spiro atoms. The Morgan fingerprint density at radius 1 is 0.408 bits per heavy atom. The number of ketones is 1. The molecule has 142 heavy (non-hydrogen) atoms. The van der Waals surface area contributed by atoms with Crippen LogP contribution in [0.25, 0.3) is 44.7 Å². The Morgan fingerprint density at radius 3 is 0.986 bits per heavy atom. The number of Topliss-reactive ketones (excluding diaryl/α,β-unsaturated/α-hetero) is 1. The smallest absolute Gasteiger partial charge is 1.00 e. The SMILES string of the molecule is C1CCOC1.CCCC(=O)c1cccc(Cc2nc3c(c(=O)n(C)c(=O)n3C)n2Cc2cccc(Br)c2)c1.CCCC(O)c1cccc(Cc2nc3c(c(=O)n(C)c(=O)n3C)n2Cc2cccc(Br)c2)c1.ClCCl.ClCCl.Cn1c(=O)c2c(nc(Cc3cccc(C=O)c3)n2Cc2cccc(Br)c2)n(C)c1=O.Cn1c(=O)c2c(nc(Cc3cccc(CO)c3)n2Cc2cccc(Br)c2)n(C)c1=O.[Br-].[CH2-]CC.[Mg+2]. The van der Waals surface area contributed by atoms with Crippen LogP contribution in [-0.2, 0) is 120 Å². The monoisotopic (exact) mass is 2340 g/mol. The summed E-state index contributed by atoms with van der Waals surface area (Å²) >= 11 is 33.0. The first kappa shape index (κ1) is 117. The van der Waals surface area contributed by atoms with Gasteiger partial charge in [-0.15, -0.1) is 46.4 Å². The molecule has 29 nitrogen and oxygen atoms in total. The second-order valence-electron chi connectivity index (χ2n) is 33.0. The van der Waals surface area contributed by atoms with Crippen molar-refractivity contribution in [3.63, 3.8) is 0 Å². The number of imidazole rings is 4. The second-order valence-corrected chi connectivity index (χ2v) is 38.3. The molecule has 0 aliphatic carbocycles. The predicted molar refractivity (Wildman–Crippen MR) is 576 cm³/mol. The minimum atomic E-state index is -0.511. The van der Waals surface area contributed by atoms with Crippen molar-refractivity contribution in [2.75, 3.05) is 23.9 Å². The van der Waals surface area contributed by atoms with E-state index in [1.54, 1.807) is 40.3 Å². The number of ether oxygens (including phenoxy) is 1. The molecule has 0 saturated carbocycles. The van der Waals surface area contributed by atoms with Crippen LogP contribution in [0.5, 0.6) is 0 Å². The van der Waals surface area contributed by atoms with Gasteiger partial charge < -0.3 is 57.1 Å². The molecule has 0 amide bonds. The van der Waals surface area contributed by atoms with Crippen LogP contribution in [0, 0.1) is 6.92 Å². The van der Waals surface area contributed by atoms with Gasteiger partial charge in [0.2, 0.25) is 0 Å². The number of fused-ring (bicyclic) bond motifs is 4. The van der Waals surface area contributed by atoms with Gasteiger partial charge in [0.1, 0.15) is 29.6 Å². The maximum atomic E-state index is 13.1. The molecule has 1 unspecified atom stereocenters. The summed E-state index contributed by atoms with van der Waals surface area (Å²) in [6, 6.07) is 61.7. The minimum Gasteiger partial charge on any atom is -1.00 e. The van der Waals surface area contributed by atoms with E-state index in [-0.39, 0.29) is 85.3 Å². The molecular weight excluding hydrogens is 2230 g/mol. The molecule has 0 radical (unpaired) electrons. The van der Waals surface area contributed by atoms with Crippen molar-refractivity contribution in [3.05, 3.63) is 392 Å². The number of hydrogen-bond acceptors (Lipinski definition) is 17. The molecular formula is C103H111Br5Cl4MgN16O13. The van der Waals surface area contributed by atoms with E-state index in [4.69, 9.17) is 61.1 Å². The van der Waals surface area contributed by atoms with Crippen LogP contribution in [0.15, 0.2) is 250 Å². The fourth-order valence-electron chi connectivity index (χ4n) is 15.9. The summed E-state index contributed by atoms with van der Waals surface area (Å²) in [5.74, 6) is 2.77. The third-order valence-corrected chi connectivity index (χ3v) is 24.8. The summed E-state index contributed by atoms with van der Waals surface area (Å²) in [6.45, 7) is 13.2. The van der Waals surface area contributed by atoms with Gasteiger partial charge in [-0.05, 0) is 142 Å². The van der Waals surface area contributed by atoms with Crippen molar-refractivity contribution in [3.8, 4) is 0 Å². The van der Waals surface area contributed by atoms with Crippen molar-refractivity contribution < 1.29 is 41.5 Å². The molecule has 8 aromatic heterocycles. The maximum absolute atomic E-state index is 13.1. The van der Waals surface area contributed by atoms with E-state index < -0.39 is 28.9 Å². The van der Waals surface area contributed by atoms with Gasteiger partial charge in [-0.1, -0.05) is 224 Å². The number of carbonyl (C=O) groups excluding carboxylic acids is 2. The summed E-state index contributed by atoms with van der Waals surface area (Å²) < 4.78 is 26.3. The van der Waals surface area contributed by atoms with Crippen LogP contribution in [0.4, 0.5) is 0 Å². The Bertz CT molecular complexity index is 7610. The number of alkyl halides is 4. The minimum absolute atomic E-state index is 0. The Labute approximate surface area is 900 Å². The Balaban J connectivity index is 0.000000220. The fourth-order valence-corrected chi connectivity index (χ4v) is 17.7. The number of hydrogen-bond donors (Lipinski definition) is 2. The normalized spacial score (nSPS) is 11.5. The zero-order valence-electron chi connectivity index (χ0n) is 80.6. The number of halogens is 9. The Morgan fingerprint density at radius 2 is 0.690 bits per heavy atom. The maximum Gasteiger partial charge on any atom is 2.00 e. The van der Waals surface area contributed by atoms with Gasteiger partial charge >= 0.3 is 45.8 Å². The number of nitrogens with zero attached hydrogens (tertiary/aromatic N) is 16. The molecule has 39 heteroatoms. The quantitative estimate of drug-likeness (QED) is 0.0187. The molecule has 9 heterocycles. The number of aliphatic hydroxyl groups is 2. The summed E-state index contributed by atoms with van der Waals surface area (Å²) in [7, 11) is 12.4. The Hall–Kier alpha value is -10.1. The number of benzene rings is 8. The average molecular weight is 2350 g/mol. The first-order valence-electron chi connectivity index (χ1n) is 44.9. The molecule has 17 rings (SSSR count). The molecule has 1 aliphatic rings. The number of carbonyl (C=O) groups is 2. The molecule has 16 aromatic rings. The van der Waals surface area contributed by atoms with Crippen LogP contribution in [-0.4, -0.2) is 144 Å². The summed E-state index contributed by atoms with van der Waals surface area (Å²) in [6.07, 6.45) is 8.51. The second kappa shape index (κ2) is 56.4. The van der Waals surface area contributed by atoms with Gasteiger partial charge in [0.15, 0.2) is 50.4 Å². The van der Waals surface area contributed by atoms with Crippen molar-refractivity contribution in [1.82, 2.24) is 74.7 Å². The molecule has 746 valence electrons. The van der Waals surface area contributed by atoms with E-state index in [1.165, 1.54) is 59.3 Å². The Kier molecular flexibility index (Phi) is 46.5. The first-order valence-corrected chi connectivity index (χ1v) is 50.2. The van der Waals surface area contributed by atoms with Crippen LogP contribution in [0.3, 0.4) is 0 Å². The van der Waals surface area contributed by atoms with Crippen LogP contribution >= 0.6 is 110 Å². The van der Waals surface area contributed by atoms with Crippen LogP contribution < -0.4 is 62.0 Å². The average Bonchev–Trinajstić information content (AvgIpc) is 1.61. The van der Waals surface area contributed by atoms with E-state index in [2.05, 4.69) is 80.6 Å². The van der Waals surface area contributed by atoms with Gasteiger partial charge in [0, 0.05) is 157 Å². The van der Waals surface area contributed by atoms with E-state index in [0.717, 1.165) is 131 Å². The number of aryl methyl sites for hydroxylation is 4. The van der Waals surface area contributed by atoms with Gasteiger partial charge in [-0.3, -0.25) is 65.3 Å². The largest absolute Gasteiger partial charge is 2.00 e. The van der Waals surface area contributed by atoms with Crippen molar-refractivity contribution in [2.45, 2.75) is 130 Å². The molecule has 1 saturated heterocycles. The standard InChI is InChI=1S/C25H27BrN4O3.C25H25BrN4O3.C22H21BrN4O3.C22H19BrN4O3.C4H8O.C3H7.2CH2Cl2.BrH.Mg/c2*1-4-7-20(31)18-10-5-8-16(12-18)14-21-27-23-22(24(32)29(3)25(33)28(23)2)30(21)15-17-9-6-11-19(26)13-17;2*1-25-20-19(21(29)26(2)22(25)30)27(12-15-6-4-8-17(23)10-15)18(24-20)11-14-5-3-7-16(9-14)13-28;1-2-4-5-3-1;1-3-2;2*2-1-3;;/h5-6,8-13,20,31H,4,7,14-15H2,1-3H3;5-6,8-13H,4,7,14-15H2,1-3H3;3-10,28H,11-13H2,1-2H3;3-10,13H,11-12H2,1-2H3;1-4H2;1,3H2,2H3;2*1H2;1H;/q;;;;;-1;;;;+2/p-1. The van der Waals surface area contributed by atoms with E-state index in [9.17, 15) is 58.2 Å². The topological polar surface area (TPSA) is 331 Å². The predicted octanol–water partition coefficient (Wildman–Crippen LogP) is 14.0. The molecule has 1 aliphatic heterocycles. The molecule has 2 N–H and O–H groups in total. The van der Waals surface area contributed by atoms with Crippen molar-refractivity contribution in [2.24, 2.45) is 56.4 Å². The number of aromatic nitrogens is 16. The molecule has 1 atom stereocenters. The third-order valence-electron chi connectivity index (χ3n) is 22.8. The van der Waals surface area contributed by atoms with Gasteiger partial charge in [0.05, 0.1) is 23.4 Å². The van der Waals surface area contributed by atoms with E-state index >= 15 is 0 Å². The number of aliphatic hydroxyl groups excluding tert-OH is 2. The van der Waals surface area contributed by atoms with Gasteiger partial charge in [-0.2, -0.15) is 6.42 Å². The third kappa shape index (κ3) is 29.9. The summed E-state index contributed by atoms with van der Waals surface area (Å²) in [4.78, 5) is 144. The van der Waals surface area contributed by atoms with Crippen molar-refractivity contribution in [1.29, 1.82) is 0 Å². The molecule has 1 fully saturated rings. The number of rotatable bonds is 24. The number of aldehydes is 1. The molecule has 0 bridgehead atoms. The van der Waals surface area contributed by atoms with Crippen LogP contribution in [0.1, 0.15) is 171 Å². The fraction of sp³-hybridized carbons (Fsp3) is 0.311. The van der Waals surface area contributed by atoms with Crippen molar-refractivity contribution >= 4 is 190 Å².